The van der Waals surface area contributed by atoms with Gasteiger partial charge in [-0.25, -0.2) is 0 Å². The monoisotopic (exact) mass is 197 g/mol. The molecule has 0 amide bonds. The summed E-state index contributed by atoms with van der Waals surface area (Å²) in [5.74, 6) is 0.916. The summed E-state index contributed by atoms with van der Waals surface area (Å²) < 4.78 is 0. The van der Waals surface area contributed by atoms with Crippen LogP contribution in [0.4, 0.5) is 0 Å². The smallest absolute Gasteiger partial charge is 0.106 e. The summed E-state index contributed by atoms with van der Waals surface area (Å²) in [6.07, 6.45) is 8.79. The van der Waals surface area contributed by atoms with Crippen LogP contribution in [0.3, 0.4) is 0 Å². The Bertz CT molecular complexity index is 165. The van der Waals surface area contributed by atoms with Crippen molar-refractivity contribution in [1.29, 1.82) is 0 Å². The quantitative estimate of drug-likeness (QED) is 0.692. The van der Waals surface area contributed by atoms with Crippen molar-refractivity contribution in [2.75, 3.05) is 0 Å². The van der Waals surface area contributed by atoms with E-state index < -0.39 is 0 Å². The summed E-state index contributed by atoms with van der Waals surface area (Å²) in [4.78, 5) is 8.00. The first-order valence-corrected chi connectivity index (χ1v) is 5.36. The van der Waals surface area contributed by atoms with Crippen LogP contribution in [-0.4, -0.2) is 12.8 Å². The molecule has 0 spiro atoms. The standard InChI is InChI=1S/C11H21N.CH2O/c1-9(2)3-4-10-5-7-11(12)8-6-10;1-2/h3,10-11H,4-8,12H2,1-2H3;1H2. The van der Waals surface area contributed by atoms with Gasteiger partial charge in [0.15, 0.2) is 0 Å². The van der Waals surface area contributed by atoms with Gasteiger partial charge < -0.3 is 10.5 Å². The van der Waals surface area contributed by atoms with Gasteiger partial charge in [-0.3, -0.25) is 0 Å². The zero-order chi connectivity index (χ0) is 11.0. The lowest BCUT2D eigenvalue weighted by atomic mass is 9.84. The molecule has 2 heteroatoms. The average molecular weight is 197 g/mol. The van der Waals surface area contributed by atoms with Gasteiger partial charge >= 0.3 is 0 Å². The van der Waals surface area contributed by atoms with Crippen LogP contribution < -0.4 is 5.73 Å². The Labute approximate surface area is 87.6 Å². The van der Waals surface area contributed by atoms with Crippen LogP contribution >= 0.6 is 0 Å². The normalized spacial score (nSPS) is 25.9. The largest absolute Gasteiger partial charge is 0.328 e. The van der Waals surface area contributed by atoms with Crippen LogP contribution in [-0.2, 0) is 4.79 Å². The summed E-state index contributed by atoms with van der Waals surface area (Å²) in [5.41, 5.74) is 7.29. The highest BCUT2D eigenvalue weighted by Crippen LogP contribution is 2.26. The van der Waals surface area contributed by atoms with Crippen LogP contribution in [0.25, 0.3) is 0 Å². The van der Waals surface area contributed by atoms with Gasteiger partial charge in [0.2, 0.25) is 0 Å². The fraction of sp³-hybridized carbons (Fsp3) is 0.750. The topological polar surface area (TPSA) is 43.1 Å². The molecule has 0 heterocycles. The van der Waals surface area contributed by atoms with E-state index in [0.29, 0.717) is 6.04 Å². The number of rotatable bonds is 2. The molecule has 1 aliphatic carbocycles. The Hall–Kier alpha value is -0.630. The number of carbonyl (C=O) groups excluding carboxylic acids is 1. The highest BCUT2D eigenvalue weighted by molar-refractivity contribution is 5.11. The maximum absolute atomic E-state index is 8.00. The number of carbonyl (C=O) groups is 1. The molecule has 1 aliphatic rings. The van der Waals surface area contributed by atoms with Gasteiger partial charge in [-0.05, 0) is 51.9 Å². The Kier molecular flexibility index (Phi) is 7.40. The van der Waals surface area contributed by atoms with Crippen molar-refractivity contribution in [3.63, 3.8) is 0 Å². The first-order chi connectivity index (χ1) is 6.68. The van der Waals surface area contributed by atoms with Crippen molar-refractivity contribution in [3.05, 3.63) is 11.6 Å². The number of hydrogen-bond donors (Lipinski definition) is 1. The molecule has 82 valence electrons. The average Bonchev–Trinajstić information content (AvgIpc) is 2.20. The molecule has 0 aromatic heterocycles. The summed E-state index contributed by atoms with van der Waals surface area (Å²) in [5, 5.41) is 0. The molecule has 0 atom stereocenters. The third-order valence-electron chi connectivity index (χ3n) is 2.75. The van der Waals surface area contributed by atoms with Gasteiger partial charge in [0.05, 0.1) is 0 Å². The summed E-state index contributed by atoms with van der Waals surface area (Å²) in [6, 6.07) is 0.493. The highest BCUT2D eigenvalue weighted by Gasteiger charge is 2.16. The van der Waals surface area contributed by atoms with E-state index in [1.807, 2.05) is 6.79 Å². The van der Waals surface area contributed by atoms with Gasteiger partial charge in [0, 0.05) is 6.04 Å². The van der Waals surface area contributed by atoms with E-state index >= 15 is 0 Å². The minimum atomic E-state index is 0.493. The molecule has 1 fully saturated rings. The molecule has 2 N–H and O–H groups in total. The van der Waals surface area contributed by atoms with E-state index in [1.165, 1.54) is 37.7 Å². The van der Waals surface area contributed by atoms with E-state index in [2.05, 4.69) is 19.9 Å². The molecule has 0 aliphatic heterocycles. The van der Waals surface area contributed by atoms with Crippen molar-refractivity contribution in [1.82, 2.24) is 0 Å². The Morgan fingerprint density at radius 3 is 2.21 bits per heavy atom. The molecule has 14 heavy (non-hydrogen) atoms. The first-order valence-electron chi connectivity index (χ1n) is 5.36. The van der Waals surface area contributed by atoms with Gasteiger partial charge in [-0.1, -0.05) is 11.6 Å². The first kappa shape index (κ1) is 13.4. The molecule has 1 rings (SSSR count). The number of hydrogen-bond acceptors (Lipinski definition) is 2. The van der Waals surface area contributed by atoms with Gasteiger partial charge in [-0.15, -0.1) is 0 Å². The van der Waals surface area contributed by atoms with Crippen LogP contribution in [0, 0.1) is 5.92 Å². The van der Waals surface area contributed by atoms with Crippen LogP contribution in [0.2, 0.25) is 0 Å². The second-order valence-electron chi connectivity index (χ2n) is 4.30. The molecule has 2 nitrogen and oxygen atoms in total. The van der Waals surface area contributed by atoms with Gasteiger partial charge in [-0.2, -0.15) is 0 Å². The zero-order valence-corrected chi connectivity index (χ0v) is 9.46. The van der Waals surface area contributed by atoms with E-state index in [9.17, 15) is 0 Å². The summed E-state index contributed by atoms with van der Waals surface area (Å²) >= 11 is 0. The maximum atomic E-state index is 8.00. The predicted octanol–water partition coefficient (Wildman–Crippen LogP) is 2.68. The number of allylic oxidation sites excluding steroid dienone is 2. The lowest BCUT2D eigenvalue weighted by Gasteiger charge is -2.25. The molecule has 0 bridgehead atoms. The molecular formula is C12H23NO. The van der Waals surface area contributed by atoms with E-state index in [0.717, 1.165) is 5.92 Å². The van der Waals surface area contributed by atoms with Crippen LogP contribution in [0.1, 0.15) is 46.0 Å². The Balaban J connectivity index is 0.000000791. The van der Waals surface area contributed by atoms with Gasteiger partial charge in [0.1, 0.15) is 6.79 Å². The van der Waals surface area contributed by atoms with Gasteiger partial charge in [0.25, 0.3) is 0 Å². The zero-order valence-electron chi connectivity index (χ0n) is 9.46. The molecule has 0 aromatic carbocycles. The summed E-state index contributed by atoms with van der Waals surface area (Å²) in [7, 11) is 0. The third kappa shape index (κ3) is 5.92. The lowest BCUT2D eigenvalue weighted by Crippen LogP contribution is -2.26. The molecule has 0 aromatic rings. The van der Waals surface area contributed by atoms with Crippen LogP contribution in [0.5, 0.6) is 0 Å². The van der Waals surface area contributed by atoms with E-state index in [-0.39, 0.29) is 0 Å². The fourth-order valence-corrected chi connectivity index (χ4v) is 1.83. The molecule has 0 unspecified atom stereocenters. The third-order valence-corrected chi connectivity index (χ3v) is 2.75. The number of nitrogens with two attached hydrogens (primary N) is 1. The molecular weight excluding hydrogens is 174 g/mol. The SMILES string of the molecule is C=O.CC(C)=CCC1CCC(N)CC1. The van der Waals surface area contributed by atoms with Crippen molar-refractivity contribution >= 4 is 6.79 Å². The van der Waals surface area contributed by atoms with Crippen molar-refractivity contribution in [2.24, 2.45) is 11.7 Å². The lowest BCUT2D eigenvalue weighted by molar-refractivity contribution is -0.0979. The van der Waals surface area contributed by atoms with E-state index in [4.69, 9.17) is 10.5 Å². The highest BCUT2D eigenvalue weighted by atomic mass is 16.1. The van der Waals surface area contributed by atoms with Crippen LogP contribution in [0.15, 0.2) is 11.6 Å². The second kappa shape index (κ2) is 7.74. The van der Waals surface area contributed by atoms with Crippen molar-refractivity contribution in [2.45, 2.75) is 52.0 Å². The van der Waals surface area contributed by atoms with Crippen molar-refractivity contribution in [3.8, 4) is 0 Å². The minimum Gasteiger partial charge on any atom is -0.328 e. The fourth-order valence-electron chi connectivity index (χ4n) is 1.83. The maximum Gasteiger partial charge on any atom is 0.106 e. The Morgan fingerprint density at radius 2 is 1.79 bits per heavy atom. The van der Waals surface area contributed by atoms with Crippen molar-refractivity contribution < 1.29 is 4.79 Å². The summed E-state index contributed by atoms with van der Waals surface area (Å²) in [6.45, 7) is 6.35. The second-order valence-corrected chi connectivity index (χ2v) is 4.30. The predicted molar refractivity (Wildman–Crippen MR) is 61.1 cm³/mol. The molecule has 1 saturated carbocycles. The minimum absolute atomic E-state index is 0.493. The molecule has 0 saturated heterocycles. The van der Waals surface area contributed by atoms with E-state index in [1.54, 1.807) is 0 Å². The Morgan fingerprint density at radius 1 is 1.29 bits per heavy atom. The molecule has 0 radical (unpaired) electrons.